The van der Waals surface area contributed by atoms with Crippen LogP contribution in [0.5, 0.6) is 5.75 Å². The van der Waals surface area contributed by atoms with Crippen molar-refractivity contribution in [2.45, 2.75) is 111 Å². The maximum atomic E-state index is 14.3. The number of hydroxylamine groups is 2. The second-order valence-corrected chi connectivity index (χ2v) is 18.2. The normalized spacial score (nSPS) is 28.8. The number of ether oxygens (including phenoxy) is 1. The Hall–Kier alpha value is -3.22. The summed E-state index contributed by atoms with van der Waals surface area (Å²) in [6.07, 6.45) is 3.82. The minimum atomic E-state index is -0.893. The molecule has 5 fully saturated rings. The predicted molar refractivity (Wildman–Crippen MR) is 217 cm³/mol. The number of rotatable bonds is 15. The Morgan fingerprint density at radius 2 is 1.82 bits per heavy atom. The number of methoxy groups -OCH3 is 1. The topological polar surface area (TPSA) is 127 Å². The SMILES string of the molecule is COc1c(CN2O[C@@H](CO)C([C@H](C)O)[C@H]2C(=O)N[C@H]2C[C@H]3C[C@@H]([C@@H]2C)C3(C)C)cccc1-c1cc(C(=O)N[C@@H](CC(C)C)CN2CCCC2)cc(N(C)C)c1. The molecule has 2 aliphatic heterocycles. The van der Waals surface area contributed by atoms with Crippen molar-refractivity contribution in [1.82, 2.24) is 20.6 Å². The zero-order valence-corrected chi connectivity index (χ0v) is 34.7. The summed E-state index contributed by atoms with van der Waals surface area (Å²) in [5.74, 6) is 1.60. The Balaban J connectivity index is 1.27. The largest absolute Gasteiger partial charge is 0.496 e. The van der Waals surface area contributed by atoms with Gasteiger partial charge in [0.05, 0.1) is 26.4 Å². The molecular formula is C44H67N5O6. The molecule has 3 aliphatic carbocycles. The highest BCUT2D eigenvalue weighted by Gasteiger charge is 2.57. The van der Waals surface area contributed by atoms with Gasteiger partial charge in [0.1, 0.15) is 17.9 Å². The monoisotopic (exact) mass is 762 g/mol. The van der Waals surface area contributed by atoms with Crippen LogP contribution in [0.15, 0.2) is 36.4 Å². The maximum Gasteiger partial charge on any atom is 0.251 e. The van der Waals surface area contributed by atoms with Gasteiger partial charge in [-0.3, -0.25) is 14.4 Å². The number of benzene rings is 2. The minimum Gasteiger partial charge on any atom is -0.496 e. The number of nitrogens with zero attached hydrogens (tertiary/aromatic N) is 3. The van der Waals surface area contributed by atoms with E-state index in [-0.39, 0.29) is 42.5 Å². The summed E-state index contributed by atoms with van der Waals surface area (Å²) >= 11 is 0. The number of hydrogen-bond donors (Lipinski definition) is 4. The highest BCUT2D eigenvalue weighted by Crippen LogP contribution is 2.61. The zero-order chi connectivity index (χ0) is 39.8. The van der Waals surface area contributed by atoms with Crippen molar-refractivity contribution in [3.8, 4) is 16.9 Å². The fourth-order valence-corrected chi connectivity index (χ4v) is 10.3. The molecule has 2 amide bonds. The Morgan fingerprint density at radius 3 is 2.42 bits per heavy atom. The van der Waals surface area contributed by atoms with E-state index in [2.05, 4.69) is 56.2 Å². The standard InChI is InChI=1S/C44H67N5O6/c1-26(2)17-33(24-48-15-10-11-16-48)45-42(52)31-18-30(19-34(20-31)47(7)8)35-14-12-13-29(41(35)54-9)23-49-40(39(28(4)51)38(25-50)55-49)43(53)46-37-22-32-21-36(27(37)3)44(32,5)6/h12-14,18-20,26-28,32-33,36-40,50-51H,10-11,15-17,21-25H2,1-9H3,(H,45,52)(H,46,53)/t27-,28-,32+,33-,36-,37-,38-,39?,40-/m0/s1. The number of carbonyl (C=O) groups is 2. The number of aliphatic hydroxyl groups is 2. The van der Waals surface area contributed by atoms with Gasteiger partial charge < -0.3 is 35.4 Å². The summed E-state index contributed by atoms with van der Waals surface area (Å²) < 4.78 is 6.12. The predicted octanol–water partition coefficient (Wildman–Crippen LogP) is 5.33. The van der Waals surface area contributed by atoms with Crippen molar-refractivity contribution in [2.24, 2.45) is 35.0 Å². The number of likely N-dealkylation sites (tertiary alicyclic amines) is 1. The van der Waals surface area contributed by atoms with E-state index in [1.165, 1.54) is 19.3 Å². The van der Waals surface area contributed by atoms with Gasteiger partial charge in [0.2, 0.25) is 5.91 Å². The van der Waals surface area contributed by atoms with E-state index in [9.17, 15) is 19.8 Å². The fourth-order valence-electron chi connectivity index (χ4n) is 10.3. The highest BCUT2D eigenvalue weighted by atomic mass is 16.7. The molecule has 0 aromatic heterocycles. The van der Waals surface area contributed by atoms with Crippen molar-refractivity contribution in [3.63, 3.8) is 0 Å². The van der Waals surface area contributed by atoms with E-state index < -0.39 is 24.2 Å². The second kappa shape index (κ2) is 17.1. The van der Waals surface area contributed by atoms with Gasteiger partial charge in [0, 0.05) is 61.0 Å². The molecule has 55 heavy (non-hydrogen) atoms. The van der Waals surface area contributed by atoms with E-state index in [0.717, 1.165) is 54.9 Å². The molecule has 11 nitrogen and oxygen atoms in total. The molecule has 2 bridgehead atoms. The quantitative estimate of drug-likeness (QED) is 0.191. The summed E-state index contributed by atoms with van der Waals surface area (Å²) in [6.45, 7) is 15.8. The van der Waals surface area contributed by atoms with Gasteiger partial charge in [0.15, 0.2) is 0 Å². The van der Waals surface area contributed by atoms with E-state index in [4.69, 9.17) is 9.57 Å². The molecule has 0 spiro atoms. The molecule has 2 aromatic carbocycles. The third kappa shape index (κ3) is 8.71. The average molecular weight is 762 g/mol. The molecule has 2 heterocycles. The van der Waals surface area contributed by atoms with Crippen LogP contribution < -0.4 is 20.3 Å². The first-order valence-corrected chi connectivity index (χ1v) is 20.7. The van der Waals surface area contributed by atoms with Gasteiger partial charge in [0.25, 0.3) is 5.91 Å². The van der Waals surface area contributed by atoms with Gasteiger partial charge >= 0.3 is 0 Å². The van der Waals surface area contributed by atoms with Crippen LogP contribution in [0.1, 0.15) is 89.6 Å². The van der Waals surface area contributed by atoms with Crippen molar-refractivity contribution in [3.05, 3.63) is 47.5 Å². The highest BCUT2D eigenvalue weighted by molar-refractivity contribution is 5.97. The molecule has 5 aliphatic rings. The van der Waals surface area contributed by atoms with Gasteiger partial charge in [-0.25, -0.2) is 0 Å². The second-order valence-electron chi connectivity index (χ2n) is 18.2. The zero-order valence-electron chi connectivity index (χ0n) is 34.7. The van der Waals surface area contributed by atoms with Gasteiger partial charge in [-0.2, -0.15) is 5.06 Å². The molecule has 2 aromatic rings. The molecule has 3 saturated carbocycles. The third-order valence-corrected chi connectivity index (χ3v) is 13.5. The number of hydrogen-bond acceptors (Lipinski definition) is 9. The number of aliphatic hydroxyl groups excluding tert-OH is 2. The lowest BCUT2D eigenvalue weighted by Crippen LogP contribution is -2.62. The van der Waals surface area contributed by atoms with Crippen LogP contribution in [-0.4, -0.2) is 110 Å². The summed E-state index contributed by atoms with van der Waals surface area (Å²) in [4.78, 5) is 39.0. The molecular weight excluding hydrogens is 695 g/mol. The molecule has 2 saturated heterocycles. The van der Waals surface area contributed by atoms with Crippen LogP contribution in [0.3, 0.4) is 0 Å². The van der Waals surface area contributed by atoms with Crippen molar-refractivity contribution < 1.29 is 29.4 Å². The number of nitrogens with one attached hydrogen (secondary N) is 2. The number of carbonyl (C=O) groups excluding carboxylic acids is 2. The fraction of sp³-hybridized carbons (Fsp3) is 0.682. The van der Waals surface area contributed by atoms with Gasteiger partial charge in [-0.15, -0.1) is 0 Å². The van der Waals surface area contributed by atoms with Crippen molar-refractivity contribution >= 4 is 17.5 Å². The lowest BCUT2D eigenvalue weighted by atomic mass is 9.45. The average Bonchev–Trinajstić information content (AvgIpc) is 3.79. The van der Waals surface area contributed by atoms with E-state index in [0.29, 0.717) is 35.0 Å². The first-order valence-electron chi connectivity index (χ1n) is 20.7. The molecule has 1 unspecified atom stereocenters. The van der Waals surface area contributed by atoms with E-state index in [1.54, 1.807) is 19.1 Å². The molecule has 304 valence electrons. The molecule has 4 N–H and O–H groups in total. The summed E-state index contributed by atoms with van der Waals surface area (Å²) in [6, 6.07) is 11.1. The number of anilines is 1. The number of fused-ring (bicyclic) bond motifs is 2. The van der Waals surface area contributed by atoms with Crippen LogP contribution in [0.25, 0.3) is 11.1 Å². The van der Waals surface area contributed by atoms with Gasteiger partial charge in [-0.1, -0.05) is 52.8 Å². The first-order chi connectivity index (χ1) is 26.1. The Bertz CT molecular complexity index is 1660. The first kappa shape index (κ1) is 41.4. The van der Waals surface area contributed by atoms with Gasteiger partial charge in [-0.05, 0) is 105 Å². The van der Waals surface area contributed by atoms with Crippen LogP contribution >= 0.6 is 0 Å². The van der Waals surface area contributed by atoms with E-state index in [1.807, 2.05) is 49.3 Å². The summed E-state index contributed by atoms with van der Waals surface area (Å²) in [5.41, 5.74) is 4.16. The smallest absolute Gasteiger partial charge is 0.251 e. The molecule has 9 atom stereocenters. The lowest BCUT2D eigenvalue weighted by Gasteiger charge is -2.62. The third-order valence-electron chi connectivity index (χ3n) is 13.5. The molecule has 11 heteroatoms. The molecule has 0 radical (unpaired) electrons. The van der Waals surface area contributed by atoms with Crippen molar-refractivity contribution in [2.75, 3.05) is 52.3 Å². The Labute approximate surface area is 329 Å². The summed E-state index contributed by atoms with van der Waals surface area (Å²) in [5, 5.41) is 29.7. The number of amides is 2. The Morgan fingerprint density at radius 1 is 1.09 bits per heavy atom. The van der Waals surface area contributed by atoms with E-state index >= 15 is 0 Å². The molecule has 7 rings (SSSR count). The van der Waals surface area contributed by atoms with Crippen LogP contribution in [0.2, 0.25) is 0 Å². The van der Waals surface area contributed by atoms with Crippen LogP contribution in [0, 0.1) is 35.0 Å². The Kier molecular flexibility index (Phi) is 12.9. The van der Waals surface area contributed by atoms with Crippen LogP contribution in [-0.2, 0) is 16.2 Å². The van der Waals surface area contributed by atoms with Crippen molar-refractivity contribution in [1.29, 1.82) is 0 Å². The summed E-state index contributed by atoms with van der Waals surface area (Å²) in [7, 11) is 5.56. The maximum absolute atomic E-state index is 14.3. The lowest BCUT2D eigenvalue weighted by molar-refractivity contribution is -0.183. The minimum absolute atomic E-state index is 0.0445. The van der Waals surface area contributed by atoms with Crippen LogP contribution in [0.4, 0.5) is 5.69 Å². The number of para-hydroxylation sites is 1.